The van der Waals surface area contributed by atoms with Gasteiger partial charge in [0, 0.05) is 0 Å². The zero-order valence-electron chi connectivity index (χ0n) is 19.8. The zero-order chi connectivity index (χ0) is 20.3. The van der Waals surface area contributed by atoms with Crippen molar-refractivity contribution in [3.8, 4) is 0 Å². The van der Waals surface area contributed by atoms with E-state index in [-0.39, 0.29) is 35.9 Å². The Kier molecular flexibility index (Phi) is 15.1. The van der Waals surface area contributed by atoms with Gasteiger partial charge < -0.3 is 1.43 Å². The van der Waals surface area contributed by atoms with Crippen molar-refractivity contribution in [1.82, 2.24) is 0 Å². The van der Waals surface area contributed by atoms with Crippen molar-refractivity contribution in [1.29, 1.82) is 0 Å². The average molecular weight is 421 g/mol. The summed E-state index contributed by atoms with van der Waals surface area (Å²) in [4.78, 5) is -0.0293. The number of hydrogen-bond acceptors (Lipinski definition) is 2. The van der Waals surface area contributed by atoms with E-state index in [1.165, 1.54) is 63.5 Å². The van der Waals surface area contributed by atoms with Gasteiger partial charge in [0.2, 0.25) is 0 Å². The van der Waals surface area contributed by atoms with E-state index < -0.39 is 10.1 Å². The monoisotopic (exact) mass is 420 g/mol. The van der Waals surface area contributed by atoms with E-state index in [0.29, 0.717) is 0 Å². The van der Waals surface area contributed by atoms with E-state index in [4.69, 9.17) is 4.55 Å². The Morgan fingerprint density at radius 2 is 1.25 bits per heavy atom. The molecular weight excluding hydrogens is 379 g/mol. The van der Waals surface area contributed by atoms with Crippen molar-refractivity contribution in [2.24, 2.45) is 17.8 Å². The number of aryl methyl sites for hydroxylation is 1. The number of hydrogen-bond donors (Lipinski definition) is 1. The molecule has 0 spiro atoms. The van der Waals surface area contributed by atoms with Crippen LogP contribution in [0.5, 0.6) is 0 Å². The summed E-state index contributed by atoms with van der Waals surface area (Å²) in [5, 5.41) is 0. The van der Waals surface area contributed by atoms with Crippen molar-refractivity contribution in [2.45, 2.75) is 96.8 Å². The van der Waals surface area contributed by atoms with Gasteiger partial charge in [-0.2, -0.15) is 8.42 Å². The molecular formula is C23H41NaO3S. The van der Waals surface area contributed by atoms with E-state index in [2.05, 4.69) is 27.7 Å². The Morgan fingerprint density at radius 1 is 0.786 bits per heavy atom. The van der Waals surface area contributed by atoms with Gasteiger partial charge in [0.25, 0.3) is 10.1 Å². The molecule has 0 bridgehead atoms. The maximum Gasteiger partial charge on any atom is 1.00 e. The Balaban J connectivity index is 0. The normalized spacial score (nSPS) is 13.9. The molecule has 0 heterocycles. The van der Waals surface area contributed by atoms with Crippen LogP contribution in [0.3, 0.4) is 0 Å². The van der Waals surface area contributed by atoms with Crippen molar-refractivity contribution in [3.63, 3.8) is 0 Å². The molecule has 28 heavy (non-hydrogen) atoms. The van der Waals surface area contributed by atoms with Gasteiger partial charge in [-0.25, -0.2) is 0 Å². The van der Waals surface area contributed by atoms with Crippen LogP contribution in [0.4, 0.5) is 0 Å². The van der Waals surface area contributed by atoms with E-state index in [9.17, 15) is 8.42 Å². The third kappa shape index (κ3) is 13.4. The first-order chi connectivity index (χ1) is 12.7. The second-order valence-electron chi connectivity index (χ2n) is 8.83. The van der Waals surface area contributed by atoms with Gasteiger partial charge in [-0.15, -0.1) is 0 Å². The van der Waals surface area contributed by atoms with Crippen LogP contribution in [-0.2, 0) is 16.5 Å². The molecule has 0 amide bonds. The summed E-state index contributed by atoms with van der Waals surface area (Å²) in [6, 6.07) is 6.56. The number of unbranched alkanes of at least 4 members (excludes halogenated alkanes) is 1. The zero-order valence-corrected chi connectivity index (χ0v) is 21.6. The fourth-order valence-corrected chi connectivity index (χ4v) is 4.11. The fourth-order valence-electron chi connectivity index (χ4n) is 3.63. The van der Waals surface area contributed by atoms with E-state index >= 15 is 0 Å². The van der Waals surface area contributed by atoms with E-state index in [1.54, 1.807) is 12.1 Å². The molecule has 0 saturated carbocycles. The van der Waals surface area contributed by atoms with E-state index in [1.807, 2.05) is 0 Å². The maximum atomic E-state index is 11.0. The van der Waals surface area contributed by atoms with Gasteiger partial charge in [0.1, 0.15) is 0 Å². The summed E-state index contributed by atoms with van der Waals surface area (Å²) in [5.41, 5.74) is 1.13. The third-order valence-electron chi connectivity index (χ3n) is 5.51. The molecule has 158 valence electrons. The Bertz CT molecular complexity index is 618. The molecule has 0 aliphatic rings. The third-order valence-corrected chi connectivity index (χ3v) is 6.37. The predicted molar refractivity (Wildman–Crippen MR) is 116 cm³/mol. The predicted octanol–water partition coefficient (Wildman–Crippen LogP) is 4.03. The number of rotatable bonds is 14. The van der Waals surface area contributed by atoms with Crippen molar-refractivity contribution >= 4 is 10.1 Å². The molecule has 1 aromatic carbocycles. The molecule has 1 aromatic rings. The van der Waals surface area contributed by atoms with Crippen molar-refractivity contribution in [2.75, 3.05) is 0 Å². The van der Waals surface area contributed by atoms with Gasteiger partial charge in [-0.1, -0.05) is 91.2 Å². The minimum absolute atomic E-state index is 0. The molecule has 1 N–H and O–H groups in total. The van der Waals surface area contributed by atoms with Crippen LogP contribution in [0.1, 0.15) is 92.5 Å². The molecule has 3 nitrogen and oxygen atoms in total. The molecule has 2 unspecified atom stereocenters. The molecule has 2 atom stereocenters. The summed E-state index contributed by atoms with van der Waals surface area (Å²) in [6.45, 7) is 9.38. The van der Waals surface area contributed by atoms with Crippen LogP contribution in [0, 0.1) is 17.8 Å². The molecule has 1 rings (SSSR count). The van der Waals surface area contributed by atoms with Crippen molar-refractivity contribution in [3.05, 3.63) is 29.8 Å². The van der Waals surface area contributed by atoms with Gasteiger partial charge in [-0.3, -0.25) is 4.55 Å². The second kappa shape index (κ2) is 15.0. The quantitative estimate of drug-likeness (QED) is 0.281. The first-order valence-corrected chi connectivity index (χ1v) is 12.2. The van der Waals surface area contributed by atoms with Crippen LogP contribution in [0.15, 0.2) is 29.2 Å². The minimum atomic E-state index is -4.08. The largest absolute Gasteiger partial charge is 1.00 e. The summed E-state index contributed by atoms with van der Waals surface area (Å²) in [6.07, 6.45) is 12.7. The molecule has 0 aromatic heterocycles. The maximum absolute atomic E-state index is 11.0. The molecule has 0 radical (unpaired) electrons. The van der Waals surface area contributed by atoms with Crippen LogP contribution in [0.25, 0.3) is 0 Å². The SMILES string of the molecule is CC(C)CCCC(C)CCCC(C)CCCCc1ccc(S(=O)(=O)O)cc1.[H-].[Na+]. The van der Waals surface area contributed by atoms with Gasteiger partial charge in [0.15, 0.2) is 0 Å². The Morgan fingerprint density at radius 3 is 1.71 bits per heavy atom. The fraction of sp³-hybridized carbons (Fsp3) is 0.739. The van der Waals surface area contributed by atoms with Crippen LogP contribution < -0.4 is 29.6 Å². The van der Waals surface area contributed by atoms with Gasteiger partial charge in [0.05, 0.1) is 4.90 Å². The molecule has 0 fully saturated rings. The number of benzene rings is 1. The summed E-state index contributed by atoms with van der Waals surface area (Å²) in [7, 11) is -4.08. The molecule has 0 aliphatic heterocycles. The Hall–Kier alpha value is 0.130. The summed E-state index contributed by atoms with van der Waals surface area (Å²) in [5.74, 6) is 2.48. The minimum Gasteiger partial charge on any atom is -1.00 e. The molecule has 5 heteroatoms. The van der Waals surface area contributed by atoms with Crippen molar-refractivity contribution < 1.29 is 44.0 Å². The molecule has 0 aliphatic carbocycles. The first-order valence-electron chi connectivity index (χ1n) is 10.7. The van der Waals surface area contributed by atoms with Crippen LogP contribution in [0.2, 0.25) is 0 Å². The Labute approximate surface area is 197 Å². The summed E-state index contributed by atoms with van der Waals surface area (Å²) >= 11 is 0. The van der Waals surface area contributed by atoms with Crippen LogP contribution in [-0.4, -0.2) is 13.0 Å². The summed E-state index contributed by atoms with van der Waals surface area (Å²) < 4.78 is 31.1. The van der Waals surface area contributed by atoms with Gasteiger partial charge >= 0.3 is 29.6 Å². The smallest absolute Gasteiger partial charge is 1.00 e. The van der Waals surface area contributed by atoms with Crippen LogP contribution >= 0.6 is 0 Å². The van der Waals surface area contributed by atoms with E-state index in [0.717, 1.165) is 36.2 Å². The topological polar surface area (TPSA) is 54.4 Å². The first kappa shape index (κ1) is 28.1. The average Bonchev–Trinajstić information content (AvgIpc) is 2.58. The standard InChI is InChI=1S/C23H40O3S.Na.H/c1-19(2)9-7-11-21(4)13-8-12-20(3)10-5-6-14-22-15-17-23(18-16-22)27(24,25)26;;/h15-21H,5-14H2,1-4H3,(H,24,25,26);;/q;+1;-1. The second-order valence-corrected chi connectivity index (χ2v) is 10.3. The van der Waals surface area contributed by atoms with Gasteiger partial charge in [-0.05, 0) is 48.3 Å². The molecule has 0 saturated heterocycles.